The fraction of sp³-hybridized carbons (Fsp3) is 0.500. The van der Waals surface area contributed by atoms with E-state index in [9.17, 15) is 10.1 Å². The Morgan fingerprint density at radius 2 is 1.45 bits per heavy atom. The van der Waals surface area contributed by atoms with Gasteiger partial charge in [0.1, 0.15) is 5.69 Å². The van der Waals surface area contributed by atoms with Crippen LogP contribution in [0.25, 0.3) is 0 Å². The second-order valence-electron chi connectivity index (χ2n) is 4.59. The summed E-state index contributed by atoms with van der Waals surface area (Å²) in [5.41, 5.74) is 2.47. The largest absolute Gasteiger partial charge is 0.312 e. The first-order valence-electron chi connectivity index (χ1n) is 5.95. The summed E-state index contributed by atoms with van der Waals surface area (Å²) >= 11 is 9.65. The summed E-state index contributed by atoms with van der Waals surface area (Å²) in [6, 6.07) is 4.69. The number of hydrazine groups is 1. The molecule has 0 aliphatic carbocycles. The molecule has 0 unspecified atom stereocenters. The van der Waals surface area contributed by atoms with E-state index in [1.54, 1.807) is 12.1 Å². The van der Waals surface area contributed by atoms with Crippen molar-refractivity contribution in [2.45, 2.75) is 39.8 Å². The van der Waals surface area contributed by atoms with Gasteiger partial charge in [-0.2, -0.15) is 0 Å². The smallest absolute Gasteiger partial charge is 0.162 e. The van der Waals surface area contributed by atoms with Crippen molar-refractivity contribution in [3.63, 3.8) is 0 Å². The summed E-state index contributed by atoms with van der Waals surface area (Å²) in [6.45, 7) is 8.61. The van der Waals surface area contributed by atoms with Gasteiger partial charge in [-0.15, -0.1) is 5.43 Å². The van der Waals surface area contributed by atoms with E-state index in [0.717, 1.165) is 4.47 Å². The second-order valence-corrected chi connectivity index (χ2v) is 7.21. The Labute approximate surface area is 144 Å². The van der Waals surface area contributed by atoms with Crippen LogP contribution in [0.2, 0.25) is 0 Å². The third kappa shape index (κ3) is 8.89. The molecule has 0 aliphatic rings. The quantitative estimate of drug-likeness (QED) is 0.476. The van der Waals surface area contributed by atoms with Gasteiger partial charge in [-0.3, -0.25) is 0 Å². The van der Waals surface area contributed by atoms with E-state index in [1.807, 2.05) is 0 Å². The molecule has 0 radical (unpaired) electrons. The van der Waals surface area contributed by atoms with Gasteiger partial charge in [-0.05, 0) is 44.0 Å². The molecule has 5 nitrogen and oxygen atoms in total. The Morgan fingerprint density at radius 1 is 1.05 bits per heavy atom. The molecule has 0 spiro atoms. The lowest BCUT2D eigenvalue weighted by atomic mass is 10.3. The highest BCUT2D eigenvalue weighted by Gasteiger charge is 2.10. The lowest BCUT2D eigenvalue weighted by Gasteiger charge is -2.10. The molecule has 1 aromatic rings. The van der Waals surface area contributed by atoms with E-state index in [-0.39, 0.29) is 0 Å². The summed E-state index contributed by atoms with van der Waals surface area (Å²) in [5.74, 6) is 0. The van der Waals surface area contributed by atoms with Gasteiger partial charge in [-0.1, -0.05) is 43.6 Å². The number of nitrogens with zero attached hydrogens (tertiary/aromatic N) is 1. The van der Waals surface area contributed by atoms with Crippen LogP contribution in [0.15, 0.2) is 25.6 Å². The minimum absolute atomic E-state index is 0.396. The minimum Gasteiger partial charge on any atom is -0.312 e. The zero-order valence-corrected chi connectivity index (χ0v) is 16.5. The third-order valence-electron chi connectivity index (χ3n) is 1.88. The van der Waals surface area contributed by atoms with Crippen molar-refractivity contribution in [1.29, 1.82) is 0 Å². The van der Waals surface area contributed by atoms with Crippen LogP contribution in [-0.4, -0.2) is 17.1 Å². The van der Waals surface area contributed by atoms with E-state index >= 15 is 0 Å². The van der Waals surface area contributed by atoms with Gasteiger partial charge < -0.3 is 5.32 Å². The second kappa shape index (κ2) is 9.70. The normalized spacial score (nSPS) is 10.2. The predicted molar refractivity (Wildman–Crippen MR) is 93.6 cm³/mol. The van der Waals surface area contributed by atoms with Crippen molar-refractivity contribution >= 4 is 53.5 Å². The van der Waals surface area contributed by atoms with Crippen molar-refractivity contribution in [2.24, 2.45) is 0 Å². The number of hydrogen-bond donors (Lipinski definition) is 2. The maximum absolute atomic E-state index is 10.2. The molecule has 0 amide bonds. The Balaban J connectivity index is 0.000000441. The molecule has 114 valence electrons. The monoisotopic (exact) mass is 473 g/mol. The highest BCUT2D eigenvalue weighted by atomic mass is 79.9. The summed E-state index contributed by atoms with van der Waals surface area (Å²) in [7, 11) is 0. The van der Waals surface area contributed by atoms with Crippen molar-refractivity contribution in [2.75, 3.05) is 5.43 Å². The number of rotatable bonds is 4. The standard InChI is InChI=1S/C6H3Br3N2O2.C6H15N/c7-3-1-4(8)6(5(9)2-3)10-11(12)13;1-5(2)7-6(3)4/h1-2,10H;5-7H,1-4H3. The Kier molecular flexibility index (Phi) is 9.61. The van der Waals surface area contributed by atoms with Crippen LogP contribution in [0, 0.1) is 10.1 Å². The van der Waals surface area contributed by atoms with Crippen LogP contribution >= 0.6 is 47.8 Å². The van der Waals surface area contributed by atoms with E-state index in [2.05, 4.69) is 86.2 Å². The molecular weight excluding hydrogens is 458 g/mol. The number of nitro groups is 1. The SMILES string of the molecule is CC(C)NC(C)C.O=[N+]([O-])Nc1c(Br)cc(Br)cc1Br. The number of nitrogens with one attached hydrogen (secondary N) is 2. The van der Waals surface area contributed by atoms with Crippen LogP contribution in [0.1, 0.15) is 27.7 Å². The Bertz CT molecular complexity index is 425. The maximum Gasteiger partial charge on any atom is 0.162 e. The summed E-state index contributed by atoms with van der Waals surface area (Å²) in [5, 5.41) is 12.9. The molecular formula is C12H18Br3N3O2. The number of halogens is 3. The molecule has 0 heterocycles. The molecule has 8 heteroatoms. The zero-order valence-electron chi connectivity index (χ0n) is 11.7. The van der Waals surface area contributed by atoms with E-state index < -0.39 is 5.03 Å². The van der Waals surface area contributed by atoms with Gasteiger partial charge in [0.15, 0.2) is 5.03 Å². The molecule has 0 bridgehead atoms. The first kappa shape index (κ1) is 19.8. The van der Waals surface area contributed by atoms with Gasteiger partial charge in [0.2, 0.25) is 0 Å². The molecule has 1 rings (SSSR count). The molecule has 0 saturated carbocycles. The topological polar surface area (TPSA) is 67.2 Å². The molecule has 0 saturated heterocycles. The molecule has 0 aliphatic heterocycles. The van der Waals surface area contributed by atoms with Crippen LogP contribution in [0.3, 0.4) is 0 Å². The fourth-order valence-corrected chi connectivity index (χ4v) is 3.84. The number of anilines is 1. The van der Waals surface area contributed by atoms with Crippen LogP contribution in [0.4, 0.5) is 5.69 Å². The number of benzene rings is 1. The van der Waals surface area contributed by atoms with E-state index in [0.29, 0.717) is 26.7 Å². The van der Waals surface area contributed by atoms with Gasteiger partial charge in [0.05, 0.1) is 0 Å². The average Bonchev–Trinajstić information content (AvgIpc) is 2.21. The van der Waals surface area contributed by atoms with Gasteiger partial charge in [0, 0.05) is 25.5 Å². The van der Waals surface area contributed by atoms with Crippen LogP contribution in [-0.2, 0) is 0 Å². The predicted octanol–water partition coefficient (Wildman–Crippen LogP) is 4.97. The van der Waals surface area contributed by atoms with Crippen LogP contribution < -0.4 is 10.7 Å². The Morgan fingerprint density at radius 3 is 1.70 bits per heavy atom. The summed E-state index contributed by atoms with van der Waals surface area (Å²) in [4.78, 5) is 10.2. The molecule has 0 aromatic heterocycles. The fourth-order valence-electron chi connectivity index (χ4n) is 1.41. The average molecular weight is 476 g/mol. The van der Waals surface area contributed by atoms with Gasteiger partial charge in [0.25, 0.3) is 0 Å². The molecule has 2 N–H and O–H groups in total. The lowest BCUT2D eigenvalue weighted by Crippen LogP contribution is -2.29. The highest BCUT2D eigenvalue weighted by molar-refractivity contribution is 9.11. The highest BCUT2D eigenvalue weighted by Crippen LogP contribution is 2.34. The number of hydrogen-bond acceptors (Lipinski definition) is 3. The Hall–Kier alpha value is -0.180. The van der Waals surface area contributed by atoms with E-state index in [4.69, 9.17) is 0 Å². The van der Waals surface area contributed by atoms with Gasteiger partial charge in [-0.25, -0.2) is 10.1 Å². The minimum atomic E-state index is -0.612. The summed E-state index contributed by atoms with van der Waals surface area (Å²) in [6.07, 6.45) is 0. The maximum atomic E-state index is 10.2. The molecule has 1 aromatic carbocycles. The van der Waals surface area contributed by atoms with E-state index in [1.165, 1.54) is 0 Å². The first-order chi connectivity index (χ1) is 9.13. The zero-order chi connectivity index (χ0) is 15.9. The third-order valence-corrected chi connectivity index (χ3v) is 3.59. The van der Waals surface area contributed by atoms with Crippen molar-refractivity contribution in [3.8, 4) is 0 Å². The summed E-state index contributed by atoms with van der Waals surface area (Å²) < 4.78 is 2.07. The van der Waals surface area contributed by atoms with Crippen LogP contribution in [0.5, 0.6) is 0 Å². The first-order valence-corrected chi connectivity index (χ1v) is 8.33. The molecule has 20 heavy (non-hydrogen) atoms. The van der Waals surface area contributed by atoms with Crippen molar-refractivity contribution < 1.29 is 5.03 Å². The van der Waals surface area contributed by atoms with Crippen molar-refractivity contribution in [1.82, 2.24) is 5.32 Å². The molecule has 0 atom stereocenters. The molecule has 0 fully saturated rings. The van der Waals surface area contributed by atoms with Gasteiger partial charge >= 0.3 is 0 Å². The lowest BCUT2D eigenvalue weighted by molar-refractivity contribution is -0.445. The van der Waals surface area contributed by atoms with Crippen molar-refractivity contribution in [3.05, 3.63) is 35.7 Å².